The Morgan fingerprint density at radius 2 is 0.780 bits per heavy atom. The standard InChI is InChI=1S/C34H30N8O8/c1-13-15(3)26-32(40(45)46)28-17(5)19(7)30(37-28)34(42(49)50)31-20(8)18(6)29(38-31)33(41(47)48)27-16(4)14(2)25(36-27)23(24(13)35-26)21-9-11-22(12-10-21)39(43)44/h9-12,35-36H,1-8H3. The van der Waals surface area contributed by atoms with Crippen molar-refractivity contribution in [3.63, 3.8) is 0 Å². The van der Waals surface area contributed by atoms with Gasteiger partial charge in [0.15, 0.2) is 0 Å². The summed E-state index contributed by atoms with van der Waals surface area (Å²) in [5, 5.41) is 50.1. The molecule has 3 aromatic heterocycles. The molecule has 1 aromatic carbocycles. The number of nitro groups is 4. The number of nitro benzene ring substituents is 1. The highest BCUT2D eigenvalue weighted by molar-refractivity contribution is 6.04. The molecule has 8 bridgehead atoms. The summed E-state index contributed by atoms with van der Waals surface area (Å²) in [5.74, 6) is 0. The summed E-state index contributed by atoms with van der Waals surface area (Å²) in [7, 11) is 0. The van der Waals surface area contributed by atoms with Crippen molar-refractivity contribution in [2.24, 2.45) is 0 Å². The predicted octanol–water partition coefficient (Wildman–Crippen LogP) is 8.75. The highest BCUT2D eigenvalue weighted by Crippen LogP contribution is 2.46. The fourth-order valence-corrected chi connectivity index (χ4v) is 6.58. The zero-order chi connectivity index (χ0) is 36.7. The number of aromatic amines is 2. The average Bonchev–Trinajstić information content (AvgIpc) is 3.70. The molecule has 16 nitrogen and oxygen atoms in total. The van der Waals surface area contributed by atoms with Crippen LogP contribution < -0.4 is 0 Å². The van der Waals surface area contributed by atoms with E-state index in [-0.39, 0.29) is 39.5 Å². The molecular formula is C34H30N8O8. The molecule has 0 fully saturated rings. The molecule has 0 aliphatic carbocycles. The molecule has 0 radical (unpaired) electrons. The van der Waals surface area contributed by atoms with Gasteiger partial charge in [-0.3, -0.25) is 40.5 Å². The monoisotopic (exact) mass is 678 g/mol. The van der Waals surface area contributed by atoms with E-state index in [1.165, 1.54) is 12.1 Å². The van der Waals surface area contributed by atoms with E-state index in [0.29, 0.717) is 66.7 Å². The Bertz CT molecular complexity index is 2380. The first kappa shape index (κ1) is 33.3. The molecule has 6 rings (SSSR count). The summed E-state index contributed by atoms with van der Waals surface area (Å²) in [6.45, 7) is 13.2. The number of fused-ring (bicyclic) bond motifs is 8. The van der Waals surface area contributed by atoms with Gasteiger partial charge < -0.3 is 9.97 Å². The Hall–Kier alpha value is -6.58. The first-order valence-electron chi connectivity index (χ1n) is 15.3. The number of rotatable bonds is 5. The van der Waals surface area contributed by atoms with Gasteiger partial charge in [0.1, 0.15) is 33.8 Å². The second kappa shape index (κ2) is 11.5. The number of aromatic nitrogens is 4. The van der Waals surface area contributed by atoms with Gasteiger partial charge in [0.05, 0.1) is 30.7 Å². The van der Waals surface area contributed by atoms with Gasteiger partial charge in [0, 0.05) is 17.7 Å². The highest BCUT2D eigenvalue weighted by atomic mass is 16.6. The number of hydrogen-bond acceptors (Lipinski definition) is 10. The second-order valence-electron chi connectivity index (χ2n) is 12.4. The minimum Gasteiger partial charge on any atom is -0.349 e. The normalized spacial score (nSPS) is 12.9. The van der Waals surface area contributed by atoms with E-state index < -0.39 is 36.8 Å². The van der Waals surface area contributed by atoms with Gasteiger partial charge in [-0.15, -0.1) is 0 Å². The number of non-ortho nitro benzene ring substituents is 1. The van der Waals surface area contributed by atoms with Crippen LogP contribution in [-0.4, -0.2) is 39.6 Å². The van der Waals surface area contributed by atoms with Crippen molar-refractivity contribution in [1.29, 1.82) is 0 Å². The molecular weight excluding hydrogens is 648 g/mol. The topological polar surface area (TPSA) is 230 Å². The summed E-state index contributed by atoms with van der Waals surface area (Å²) < 4.78 is 0. The van der Waals surface area contributed by atoms with Gasteiger partial charge >= 0.3 is 17.1 Å². The smallest absolute Gasteiger partial charge is 0.320 e. The minimum atomic E-state index is -0.673. The lowest BCUT2D eigenvalue weighted by molar-refractivity contribution is -0.386. The molecule has 2 aliphatic heterocycles. The van der Waals surface area contributed by atoms with Crippen molar-refractivity contribution >= 4 is 67.1 Å². The molecule has 5 heterocycles. The zero-order valence-electron chi connectivity index (χ0n) is 28.3. The van der Waals surface area contributed by atoms with E-state index in [1.54, 1.807) is 67.5 Å². The Morgan fingerprint density at radius 3 is 1.10 bits per heavy atom. The lowest BCUT2D eigenvalue weighted by atomic mass is 9.99. The largest absolute Gasteiger partial charge is 0.349 e. The van der Waals surface area contributed by atoms with Crippen molar-refractivity contribution < 1.29 is 19.7 Å². The predicted molar refractivity (Wildman–Crippen MR) is 188 cm³/mol. The highest BCUT2D eigenvalue weighted by Gasteiger charge is 2.36. The number of benzene rings is 1. The first-order chi connectivity index (χ1) is 23.5. The van der Waals surface area contributed by atoms with Crippen LogP contribution in [0.15, 0.2) is 24.3 Å². The number of allylic oxidation sites excluding steroid dienone is 4. The van der Waals surface area contributed by atoms with E-state index in [2.05, 4.69) is 19.9 Å². The van der Waals surface area contributed by atoms with Crippen molar-refractivity contribution in [3.8, 4) is 11.1 Å². The lowest BCUT2D eigenvalue weighted by Crippen LogP contribution is -1.99. The Kier molecular flexibility index (Phi) is 7.69. The van der Waals surface area contributed by atoms with E-state index >= 15 is 0 Å². The molecule has 16 heteroatoms. The molecule has 0 saturated heterocycles. The van der Waals surface area contributed by atoms with Crippen LogP contribution in [0.2, 0.25) is 0 Å². The maximum atomic E-state index is 12.9. The van der Waals surface area contributed by atoms with Crippen molar-refractivity contribution in [2.45, 2.75) is 55.4 Å². The number of hydrogen-bond donors (Lipinski definition) is 2. The molecule has 0 unspecified atom stereocenters. The summed E-state index contributed by atoms with van der Waals surface area (Å²) in [4.78, 5) is 63.2. The molecule has 2 aliphatic rings. The fraction of sp³-hybridized carbons (Fsp3) is 0.235. The average molecular weight is 679 g/mol. The fourth-order valence-electron chi connectivity index (χ4n) is 6.58. The van der Waals surface area contributed by atoms with Crippen LogP contribution >= 0.6 is 0 Å². The summed E-state index contributed by atoms with van der Waals surface area (Å²) in [5.41, 5.74) is 3.46. The number of nitrogens with zero attached hydrogens (tertiary/aromatic N) is 6. The lowest BCUT2D eigenvalue weighted by Gasteiger charge is -2.06. The van der Waals surface area contributed by atoms with Crippen LogP contribution in [0.25, 0.3) is 55.5 Å². The Balaban J connectivity index is 2.02. The van der Waals surface area contributed by atoms with Gasteiger partial charge in [-0.2, -0.15) is 0 Å². The van der Waals surface area contributed by atoms with Crippen LogP contribution in [0, 0.1) is 68.2 Å². The van der Waals surface area contributed by atoms with E-state index in [4.69, 9.17) is 0 Å². The molecule has 2 N–H and O–H groups in total. The molecule has 254 valence electrons. The van der Waals surface area contributed by atoms with Crippen molar-refractivity contribution in [1.82, 2.24) is 19.9 Å². The van der Waals surface area contributed by atoms with Gasteiger partial charge in [0.25, 0.3) is 5.69 Å². The number of H-pyrrole nitrogens is 2. The third-order valence-electron chi connectivity index (χ3n) is 9.90. The van der Waals surface area contributed by atoms with Gasteiger partial charge in [-0.05, 0) is 118 Å². The maximum Gasteiger partial charge on any atom is 0.320 e. The van der Waals surface area contributed by atoms with E-state index in [9.17, 15) is 40.5 Å². The van der Waals surface area contributed by atoms with Crippen LogP contribution in [0.1, 0.15) is 72.7 Å². The third kappa shape index (κ3) is 4.75. The van der Waals surface area contributed by atoms with E-state index in [0.717, 1.165) is 0 Å². The van der Waals surface area contributed by atoms with Crippen LogP contribution in [0.4, 0.5) is 22.7 Å². The number of aryl methyl sites for hydroxylation is 4. The van der Waals surface area contributed by atoms with Crippen molar-refractivity contribution in [3.05, 3.63) is 110 Å². The molecule has 4 aromatic rings. The molecule has 0 spiro atoms. The minimum absolute atomic E-state index is 0.0883. The molecule has 0 saturated carbocycles. The summed E-state index contributed by atoms with van der Waals surface area (Å²) in [6, 6.07) is 5.74. The quantitative estimate of drug-likeness (QED) is 0.150. The zero-order valence-corrected chi connectivity index (χ0v) is 28.3. The van der Waals surface area contributed by atoms with Crippen LogP contribution in [-0.2, 0) is 0 Å². The molecule has 0 atom stereocenters. The SMILES string of the molecule is CC1=C(C)c2nc1c([N+](=O)[O-])c1nc(c([N+](=O)[O-])c3[nH]c(c(C)c3C)c(-c3ccc([N+](=O)[O-])cc3)c3[nH]c(c(C)c3C)c2[N+](=O)[O-])C(C)=C1C. The van der Waals surface area contributed by atoms with Gasteiger partial charge in [0.2, 0.25) is 0 Å². The summed E-state index contributed by atoms with van der Waals surface area (Å²) in [6.07, 6.45) is 0. The second-order valence-corrected chi connectivity index (χ2v) is 12.4. The Morgan fingerprint density at radius 1 is 0.460 bits per heavy atom. The number of nitrogens with one attached hydrogen (secondary N) is 2. The Labute approximate surface area is 282 Å². The van der Waals surface area contributed by atoms with Crippen LogP contribution in [0.5, 0.6) is 0 Å². The molecule has 50 heavy (non-hydrogen) atoms. The molecule has 0 amide bonds. The summed E-state index contributed by atoms with van der Waals surface area (Å²) >= 11 is 0. The first-order valence-corrected chi connectivity index (χ1v) is 15.3. The van der Waals surface area contributed by atoms with Gasteiger partial charge in [-0.1, -0.05) is 0 Å². The van der Waals surface area contributed by atoms with E-state index in [1.807, 2.05) is 0 Å². The van der Waals surface area contributed by atoms with Gasteiger partial charge in [-0.25, -0.2) is 9.97 Å². The van der Waals surface area contributed by atoms with Crippen LogP contribution in [0.3, 0.4) is 0 Å². The maximum absolute atomic E-state index is 12.9. The third-order valence-corrected chi connectivity index (χ3v) is 9.90. The van der Waals surface area contributed by atoms with Crippen molar-refractivity contribution in [2.75, 3.05) is 0 Å².